The molecule has 1 aromatic heterocycles. The number of aromatic nitrogens is 3. The first-order valence-corrected chi connectivity index (χ1v) is 5.90. The molecule has 0 bridgehead atoms. The van der Waals surface area contributed by atoms with Gasteiger partial charge in [0.15, 0.2) is 11.5 Å². The lowest BCUT2D eigenvalue weighted by molar-refractivity contribution is -0.991. The SMILES string of the molecule is [O-][NH+](O)c1cccc(-c2nnc3n2NCS3)c1. The molecule has 1 unspecified atom stereocenters. The van der Waals surface area contributed by atoms with Crippen molar-refractivity contribution in [1.29, 1.82) is 0 Å². The van der Waals surface area contributed by atoms with Gasteiger partial charge in [0.1, 0.15) is 0 Å². The van der Waals surface area contributed by atoms with Crippen LogP contribution in [0, 0.1) is 5.21 Å². The van der Waals surface area contributed by atoms with Gasteiger partial charge in [0, 0.05) is 17.7 Å². The molecule has 0 amide bonds. The van der Waals surface area contributed by atoms with Crippen LogP contribution in [0.25, 0.3) is 11.4 Å². The number of benzene rings is 1. The Morgan fingerprint density at radius 2 is 2.35 bits per heavy atom. The molecule has 1 aliphatic rings. The van der Waals surface area contributed by atoms with Crippen molar-refractivity contribution in [2.75, 3.05) is 11.3 Å². The van der Waals surface area contributed by atoms with Crippen LogP contribution in [0.5, 0.6) is 0 Å². The monoisotopic (exact) mass is 251 g/mol. The van der Waals surface area contributed by atoms with Gasteiger partial charge in [0.25, 0.3) is 0 Å². The first kappa shape index (κ1) is 10.5. The quantitative estimate of drug-likeness (QED) is 0.649. The third-order valence-electron chi connectivity index (χ3n) is 2.43. The predicted molar refractivity (Wildman–Crippen MR) is 61.3 cm³/mol. The van der Waals surface area contributed by atoms with Gasteiger partial charge in [-0.3, -0.25) is 0 Å². The van der Waals surface area contributed by atoms with E-state index in [1.54, 1.807) is 34.6 Å². The highest BCUT2D eigenvalue weighted by Crippen LogP contribution is 2.27. The van der Waals surface area contributed by atoms with E-state index in [9.17, 15) is 5.21 Å². The fourth-order valence-electron chi connectivity index (χ4n) is 1.65. The first-order chi connectivity index (χ1) is 8.25. The molecule has 0 spiro atoms. The summed E-state index contributed by atoms with van der Waals surface area (Å²) < 4.78 is 1.77. The molecule has 0 radical (unpaired) electrons. The highest BCUT2D eigenvalue weighted by atomic mass is 32.2. The second kappa shape index (κ2) is 4.00. The maximum Gasteiger partial charge on any atom is 0.212 e. The molecule has 0 saturated heterocycles. The lowest BCUT2D eigenvalue weighted by atomic mass is 10.2. The number of hydrogen-bond donors (Lipinski definition) is 3. The summed E-state index contributed by atoms with van der Waals surface area (Å²) in [6.07, 6.45) is 0. The van der Waals surface area contributed by atoms with Gasteiger partial charge in [-0.25, -0.2) is 9.88 Å². The molecule has 1 atom stereocenters. The summed E-state index contributed by atoms with van der Waals surface area (Å²) in [5.74, 6) is 1.38. The van der Waals surface area contributed by atoms with Crippen molar-refractivity contribution in [3.8, 4) is 11.4 Å². The van der Waals surface area contributed by atoms with Crippen LogP contribution in [0.4, 0.5) is 5.69 Å². The largest absolute Gasteiger partial charge is 0.595 e. The average Bonchev–Trinajstić information content (AvgIpc) is 2.90. The Kier molecular flexibility index (Phi) is 2.48. The maximum absolute atomic E-state index is 10.9. The van der Waals surface area contributed by atoms with Gasteiger partial charge >= 0.3 is 0 Å². The Morgan fingerprint density at radius 3 is 3.18 bits per heavy atom. The zero-order valence-corrected chi connectivity index (χ0v) is 9.44. The fourth-order valence-corrected chi connectivity index (χ4v) is 2.35. The highest BCUT2D eigenvalue weighted by molar-refractivity contribution is 7.99. The van der Waals surface area contributed by atoms with Crippen molar-refractivity contribution in [1.82, 2.24) is 14.9 Å². The van der Waals surface area contributed by atoms with E-state index >= 15 is 0 Å². The van der Waals surface area contributed by atoms with E-state index in [0.29, 0.717) is 5.82 Å². The van der Waals surface area contributed by atoms with Crippen LogP contribution in [-0.4, -0.2) is 26.0 Å². The van der Waals surface area contributed by atoms with E-state index in [2.05, 4.69) is 15.6 Å². The average molecular weight is 251 g/mol. The molecule has 0 fully saturated rings. The van der Waals surface area contributed by atoms with Crippen LogP contribution in [-0.2, 0) is 0 Å². The van der Waals surface area contributed by atoms with Crippen molar-refractivity contribution in [3.05, 3.63) is 29.5 Å². The van der Waals surface area contributed by atoms with Gasteiger partial charge in [-0.1, -0.05) is 23.9 Å². The Labute approximate surface area is 101 Å². The van der Waals surface area contributed by atoms with Gasteiger partial charge in [0.2, 0.25) is 5.16 Å². The van der Waals surface area contributed by atoms with E-state index in [1.807, 2.05) is 6.07 Å². The molecule has 3 N–H and O–H groups in total. The van der Waals surface area contributed by atoms with Crippen molar-refractivity contribution in [2.24, 2.45) is 0 Å². The summed E-state index contributed by atoms with van der Waals surface area (Å²) in [5.41, 5.74) is 4.08. The van der Waals surface area contributed by atoms with Crippen LogP contribution < -0.4 is 10.7 Å². The Balaban J connectivity index is 2.06. The van der Waals surface area contributed by atoms with Crippen LogP contribution in [0.2, 0.25) is 0 Å². The molecule has 0 aliphatic carbocycles. The molecular formula is C9H9N5O2S. The summed E-state index contributed by atoms with van der Waals surface area (Å²) in [6.45, 7) is 0. The topological polar surface area (TPSA) is 90.5 Å². The smallest absolute Gasteiger partial charge is 0.212 e. The molecule has 88 valence electrons. The molecule has 1 aromatic carbocycles. The third-order valence-corrected chi connectivity index (χ3v) is 3.22. The standard InChI is InChI=1S/C9H9N5O2S/c15-14(16)7-3-1-2-6(4-7)8-11-12-9-13(8)10-5-17-9/h1-4,10,14-15H,5H2. The van der Waals surface area contributed by atoms with Crippen LogP contribution in [0.15, 0.2) is 29.4 Å². The van der Waals surface area contributed by atoms with Crippen LogP contribution >= 0.6 is 11.8 Å². The minimum atomic E-state index is -0.949. The molecule has 3 rings (SSSR count). The predicted octanol–water partition coefficient (Wildman–Crippen LogP) is -0.0448. The second-order valence-electron chi connectivity index (χ2n) is 3.47. The first-order valence-electron chi connectivity index (χ1n) is 4.91. The van der Waals surface area contributed by atoms with Gasteiger partial charge in [-0.2, -0.15) is 5.23 Å². The Hall–Kier alpha value is -1.61. The van der Waals surface area contributed by atoms with Crippen molar-refractivity contribution < 1.29 is 10.4 Å². The minimum Gasteiger partial charge on any atom is -0.595 e. The zero-order chi connectivity index (χ0) is 11.8. The van der Waals surface area contributed by atoms with Crippen LogP contribution in [0.1, 0.15) is 0 Å². The van der Waals surface area contributed by atoms with Crippen molar-refractivity contribution in [2.45, 2.75) is 5.16 Å². The molecular weight excluding hydrogens is 242 g/mol. The lowest BCUT2D eigenvalue weighted by Gasteiger charge is -2.12. The molecule has 1 aliphatic heterocycles. The second-order valence-corrected chi connectivity index (χ2v) is 4.42. The number of hydrogen-bond acceptors (Lipinski definition) is 6. The van der Waals surface area contributed by atoms with Crippen LogP contribution in [0.3, 0.4) is 0 Å². The van der Waals surface area contributed by atoms with E-state index in [4.69, 9.17) is 5.21 Å². The van der Waals surface area contributed by atoms with Gasteiger partial charge in [-0.15, -0.1) is 10.2 Å². The van der Waals surface area contributed by atoms with Gasteiger partial charge in [-0.05, 0) is 0 Å². The van der Waals surface area contributed by atoms with Gasteiger partial charge in [0.05, 0.1) is 5.88 Å². The Bertz CT molecular complexity index is 556. The number of nitrogens with zero attached hydrogens (tertiary/aromatic N) is 3. The van der Waals surface area contributed by atoms with E-state index in [1.165, 1.54) is 0 Å². The third kappa shape index (κ3) is 1.76. The number of rotatable bonds is 2. The number of fused-ring (bicyclic) bond motifs is 1. The fraction of sp³-hybridized carbons (Fsp3) is 0.111. The maximum atomic E-state index is 10.9. The summed E-state index contributed by atoms with van der Waals surface area (Å²) in [4.78, 5) is 0. The molecule has 0 saturated carbocycles. The summed E-state index contributed by atoms with van der Waals surface area (Å²) in [7, 11) is 0. The minimum absolute atomic E-state index is 0.241. The summed E-state index contributed by atoms with van der Waals surface area (Å²) in [5, 5.41) is 27.7. The molecule has 2 aromatic rings. The number of quaternary nitrogens is 1. The number of thioether (sulfide) groups is 1. The summed E-state index contributed by atoms with van der Waals surface area (Å²) in [6, 6.07) is 6.65. The number of nitrogens with one attached hydrogen (secondary N) is 2. The molecule has 2 heterocycles. The summed E-state index contributed by atoms with van der Waals surface area (Å²) >= 11 is 1.56. The van der Waals surface area contributed by atoms with E-state index in [0.717, 1.165) is 16.6 Å². The zero-order valence-electron chi connectivity index (χ0n) is 8.62. The Morgan fingerprint density at radius 1 is 1.47 bits per heavy atom. The van der Waals surface area contributed by atoms with E-state index in [-0.39, 0.29) is 5.69 Å². The highest BCUT2D eigenvalue weighted by Gasteiger charge is 2.19. The normalized spacial score (nSPS) is 15.4. The molecule has 8 heteroatoms. The molecule has 17 heavy (non-hydrogen) atoms. The van der Waals surface area contributed by atoms with Crippen molar-refractivity contribution >= 4 is 17.4 Å². The van der Waals surface area contributed by atoms with Gasteiger partial charge < -0.3 is 10.6 Å². The molecule has 7 nitrogen and oxygen atoms in total. The lowest BCUT2D eigenvalue weighted by Crippen LogP contribution is -2.99. The van der Waals surface area contributed by atoms with E-state index < -0.39 is 5.23 Å². The van der Waals surface area contributed by atoms with Crippen molar-refractivity contribution in [3.63, 3.8) is 0 Å².